The second-order valence-electron chi connectivity index (χ2n) is 6.33. The van der Waals surface area contributed by atoms with Crippen LogP contribution >= 0.6 is 0 Å². The summed E-state index contributed by atoms with van der Waals surface area (Å²) in [5.41, 5.74) is 1.99. The first-order valence-electron chi connectivity index (χ1n) is 8.37. The number of rotatable bonds is 6. The van der Waals surface area contributed by atoms with Crippen LogP contribution in [0.2, 0.25) is 0 Å². The molecule has 1 saturated carbocycles. The third-order valence-electron chi connectivity index (χ3n) is 4.44. The number of hydrogen-bond acceptors (Lipinski definition) is 5. The number of benzene rings is 1. The van der Waals surface area contributed by atoms with Crippen molar-refractivity contribution >= 4 is 21.7 Å². The highest BCUT2D eigenvalue weighted by Crippen LogP contribution is 2.23. The van der Waals surface area contributed by atoms with Crippen molar-refractivity contribution in [1.29, 1.82) is 0 Å². The fraction of sp³-hybridized carbons (Fsp3) is 0.529. The molecule has 0 unspecified atom stereocenters. The van der Waals surface area contributed by atoms with Crippen molar-refractivity contribution in [1.82, 2.24) is 4.90 Å². The summed E-state index contributed by atoms with van der Waals surface area (Å²) >= 11 is 0. The van der Waals surface area contributed by atoms with Gasteiger partial charge in [-0.3, -0.25) is 14.5 Å². The van der Waals surface area contributed by atoms with E-state index in [9.17, 15) is 8.42 Å². The van der Waals surface area contributed by atoms with Crippen LogP contribution in [0.3, 0.4) is 0 Å². The summed E-state index contributed by atoms with van der Waals surface area (Å²) in [6.07, 6.45) is 5.14. The molecule has 0 bridgehead atoms. The lowest BCUT2D eigenvalue weighted by Gasteiger charge is -2.20. The monoisotopic (exact) mass is 349 g/mol. The minimum absolute atomic E-state index is 0.345. The zero-order valence-corrected chi connectivity index (χ0v) is 14.5. The van der Waals surface area contributed by atoms with Gasteiger partial charge >= 0.3 is 0 Å². The number of amidine groups is 1. The van der Waals surface area contributed by atoms with E-state index in [0.717, 1.165) is 24.1 Å². The predicted molar refractivity (Wildman–Crippen MR) is 95.3 cm³/mol. The Morgan fingerprint density at radius 3 is 2.62 bits per heavy atom. The molecule has 7 heteroatoms. The normalized spacial score (nSPS) is 19.8. The topological polar surface area (TPSA) is 82.3 Å². The quantitative estimate of drug-likeness (QED) is 0.631. The third-order valence-corrected chi connectivity index (χ3v) is 5.08. The molecule has 3 rings (SSSR count). The maximum atomic E-state index is 11.2. The van der Waals surface area contributed by atoms with Gasteiger partial charge in [-0.1, -0.05) is 43.2 Å². The molecule has 1 N–H and O–H groups in total. The molecule has 2 aliphatic rings. The standard InChI is InChI=1S/C17H23N3O3S/c21-24(22,23)13-20-11-10-18-17(20)12-16(14-6-2-1-3-7-14)19-15-8-4-5-9-15/h1-3,6-7,15H,4-5,8-13H2,(H,21,22,23). The maximum Gasteiger partial charge on any atom is 0.283 e. The summed E-state index contributed by atoms with van der Waals surface area (Å²) in [6, 6.07) is 10.3. The summed E-state index contributed by atoms with van der Waals surface area (Å²) < 4.78 is 31.5. The Kier molecular flexibility index (Phi) is 5.30. The van der Waals surface area contributed by atoms with Crippen molar-refractivity contribution in [2.75, 3.05) is 19.0 Å². The molecular weight excluding hydrogens is 326 g/mol. The molecule has 1 aromatic carbocycles. The lowest BCUT2D eigenvalue weighted by molar-refractivity contribution is 0.438. The van der Waals surface area contributed by atoms with Gasteiger partial charge in [-0.15, -0.1) is 0 Å². The lowest BCUT2D eigenvalue weighted by atomic mass is 10.1. The molecule has 1 heterocycles. The number of aliphatic imine (C=N–C) groups is 2. The molecule has 0 radical (unpaired) electrons. The molecule has 0 aromatic heterocycles. The Balaban J connectivity index is 1.81. The van der Waals surface area contributed by atoms with Crippen molar-refractivity contribution in [3.8, 4) is 0 Å². The van der Waals surface area contributed by atoms with Gasteiger partial charge in [0.1, 0.15) is 11.7 Å². The second-order valence-corrected chi connectivity index (χ2v) is 7.75. The number of hydrogen-bond donors (Lipinski definition) is 1. The zero-order valence-electron chi connectivity index (χ0n) is 13.6. The van der Waals surface area contributed by atoms with Gasteiger partial charge in [0.2, 0.25) is 0 Å². The van der Waals surface area contributed by atoms with Crippen LogP contribution in [0.1, 0.15) is 37.7 Å². The van der Waals surface area contributed by atoms with E-state index in [2.05, 4.69) is 4.99 Å². The van der Waals surface area contributed by atoms with Crippen LogP contribution in [0.5, 0.6) is 0 Å². The molecular formula is C17H23N3O3S. The molecule has 0 atom stereocenters. The molecule has 1 aliphatic carbocycles. The van der Waals surface area contributed by atoms with E-state index in [0.29, 0.717) is 31.4 Å². The van der Waals surface area contributed by atoms with Crippen molar-refractivity contribution in [3.63, 3.8) is 0 Å². The Hall–Kier alpha value is -1.73. The average molecular weight is 349 g/mol. The highest BCUT2D eigenvalue weighted by Gasteiger charge is 2.24. The minimum Gasteiger partial charge on any atom is -0.342 e. The first kappa shape index (κ1) is 17.1. The van der Waals surface area contributed by atoms with Gasteiger partial charge in [-0.2, -0.15) is 8.42 Å². The van der Waals surface area contributed by atoms with E-state index in [4.69, 9.17) is 9.55 Å². The van der Waals surface area contributed by atoms with Gasteiger partial charge in [0, 0.05) is 18.7 Å². The molecule has 0 amide bonds. The fourth-order valence-electron chi connectivity index (χ4n) is 3.29. The SMILES string of the molecule is O=S(=O)(O)CN1CCN=C1CC(=NC1CCCC1)c1ccccc1. The van der Waals surface area contributed by atoms with Crippen LogP contribution in [0, 0.1) is 0 Å². The van der Waals surface area contributed by atoms with E-state index in [1.807, 2.05) is 30.3 Å². The smallest absolute Gasteiger partial charge is 0.283 e. The summed E-state index contributed by atoms with van der Waals surface area (Å²) in [5, 5.41) is 0. The molecule has 130 valence electrons. The lowest BCUT2D eigenvalue weighted by Crippen LogP contribution is -2.34. The largest absolute Gasteiger partial charge is 0.342 e. The highest BCUT2D eigenvalue weighted by molar-refractivity contribution is 7.85. The van der Waals surface area contributed by atoms with E-state index in [1.54, 1.807) is 4.90 Å². The van der Waals surface area contributed by atoms with Gasteiger partial charge in [-0.05, 0) is 18.4 Å². The minimum atomic E-state index is -4.06. The van der Waals surface area contributed by atoms with E-state index >= 15 is 0 Å². The molecule has 1 aliphatic heterocycles. The Morgan fingerprint density at radius 2 is 1.96 bits per heavy atom. The maximum absolute atomic E-state index is 11.2. The Morgan fingerprint density at radius 1 is 1.25 bits per heavy atom. The Bertz CT molecular complexity index is 723. The molecule has 6 nitrogen and oxygen atoms in total. The van der Waals surface area contributed by atoms with Crippen LogP contribution in [-0.2, 0) is 10.1 Å². The molecule has 1 aromatic rings. The van der Waals surface area contributed by atoms with Crippen LogP contribution in [0.25, 0.3) is 0 Å². The van der Waals surface area contributed by atoms with Gasteiger partial charge in [-0.25, -0.2) is 0 Å². The van der Waals surface area contributed by atoms with Crippen LogP contribution in [-0.4, -0.2) is 54.4 Å². The van der Waals surface area contributed by atoms with Crippen molar-refractivity contribution in [2.24, 2.45) is 9.98 Å². The van der Waals surface area contributed by atoms with Gasteiger partial charge in [0.05, 0.1) is 12.6 Å². The molecule has 24 heavy (non-hydrogen) atoms. The van der Waals surface area contributed by atoms with E-state index < -0.39 is 16.0 Å². The van der Waals surface area contributed by atoms with Gasteiger partial charge < -0.3 is 4.90 Å². The summed E-state index contributed by atoms with van der Waals surface area (Å²) in [5.74, 6) is 0.283. The fourth-order valence-corrected chi connectivity index (χ4v) is 3.96. The summed E-state index contributed by atoms with van der Waals surface area (Å²) in [7, 11) is -4.06. The predicted octanol–water partition coefficient (Wildman–Crippen LogP) is 2.37. The Labute approximate surface area is 143 Å². The number of nitrogens with zero attached hydrogens (tertiary/aromatic N) is 3. The first-order chi connectivity index (χ1) is 11.5. The van der Waals surface area contributed by atoms with Crippen molar-refractivity contribution in [3.05, 3.63) is 35.9 Å². The van der Waals surface area contributed by atoms with Crippen molar-refractivity contribution in [2.45, 2.75) is 38.1 Å². The zero-order chi connectivity index (χ0) is 17.0. The van der Waals surface area contributed by atoms with Crippen LogP contribution in [0.15, 0.2) is 40.3 Å². The van der Waals surface area contributed by atoms with Gasteiger partial charge in [0.15, 0.2) is 0 Å². The van der Waals surface area contributed by atoms with Gasteiger partial charge in [0.25, 0.3) is 10.1 Å². The van der Waals surface area contributed by atoms with E-state index in [-0.39, 0.29) is 0 Å². The van der Waals surface area contributed by atoms with E-state index in [1.165, 1.54) is 12.8 Å². The molecule has 0 saturated heterocycles. The first-order valence-corrected chi connectivity index (χ1v) is 9.98. The van der Waals surface area contributed by atoms with Crippen molar-refractivity contribution < 1.29 is 13.0 Å². The summed E-state index contributed by atoms with van der Waals surface area (Å²) in [6.45, 7) is 1.07. The van der Waals surface area contributed by atoms with Crippen LogP contribution < -0.4 is 0 Å². The highest BCUT2D eigenvalue weighted by atomic mass is 32.2. The third kappa shape index (κ3) is 4.64. The molecule has 1 fully saturated rings. The summed E-state index contributed by atoms with van der Waals surface area (Å²) in [4.78, 5) is 11.0. The second kappa shape index (κ2) is 7.44. The van der Waals surface area contributed by atoms with Crippen LogP contribution in [0.4, 0.5) is 0 Å². The average Bonchev–Trinajstić information content (AvgIpc) is 3.19. The molecule has 0 spiro atoms.